The number of aromatic amines is 1. The van der Waals surface area contributed by atoms with Gasteiger partial charge in [0.1, 0.15) is 6.07 Å². The van der Waals surface area contributed by atoms with Crippen molar-refractivity contribution in [2.45, 2.75) is 69.4 Å². The van der Waals surface area contributed by atoms with Gasteiger partial charge in [0.25, 0.3) is 5.56 Å². The SMILES string of the molecule is N#Cc1c[nH]c(=O)c2c1N(C1CCCC1)CC2C(C=NC1CCCC1)=CN. The molecular weight excluding hydrogens is 338 g/mol. The second-order valence-corrected chi connectivity index (χ2v) is 7.93. The minimum Gasteiger partial charge on any atom is -0.404 e. The van der Waals surface area contributed by atoms with E-state index in [1.807, 2.05) is 6.21 Å². The summed E-state index contributed by atoms with van der Waals surface area (Å²) < 4.78 is 0. The highest BCUT2D eigenvalue weighted by Crippen LogP contribution is 2.43. The van der Waals surface area contributed by atoms with Gasteiger partial charge in [0, 0.05) is 37.0 Å². The number of aromatic nitrogens is 1. The zero-order valence-electron chi connectivity index (χ0n) is 15.7. The first-order valence-corrected chi connectivity index (χ1v) is 10.1. The minimum absolute atomic E-state index is 0.122. The Morgan fingerprint density at radius 2 is 1.96 bits per heavy atom. The molecule has 0 saturated heterocycles. The lowest BCUT2D eigenvalue weighted by Crippen LogP contribution is -2.33. The van der Waals surface area contributed by atoms with Crippen LogP contribution in [0.1, 0.15) is 68.4 Å². The molecule has 3 aliphatic rings. The lowest BCUT2D eigenvalue weighted by molar-refractivity contribution is 0.611. The normalized spacial score (nSPS) is 24.0. The lowest BCUT2D eigenvalue weighted by Gasteiger charge is -2.27. The fourth-order valence-electron chi connectivity index (χ4n) is 4.95. The third-order valence-electron chi connectivity index (χ3n) is 6.36. The van der Waals surface area contributed by atoms with Gasteiger partial charge >= 0.3 is 0 Å². The van der Waals surface area contributed by atoms with Crippen LogP contribution in [0, 0.1) is 11.3 Å². The highest BCUT2D eigenvalue weighted by Gasteiger charge is 2.39. The largest absolute Gasteiger partial charge is 0.404 e. The number of nitriles is 1. The first kappa shape index (κ1) is 17.8. The van der Waals surface area contributed by atoms with Crippen LogP contribution >= 0.6 is 0 Å². The Balaban J connectivity index is 1.72. The summed E-state index contributed by atoms with van der Waals surface area (Å²) in [5.74, 6) is -0.132. The van der Waals surface area contributed by atoms with Crippen LogP contribution in [-0.2, 0) is 0 Å². The number of pyridine rings is 1. The second kappa shape index (κ2) is 7.59. The second-order valence-electron chi connectivity index (χ2n) is 7.93. The molecule has 0 amide bonds. The van der Waals surface area contributed by atoms with Gasteiger partial charge in [-0.25, -0.2) is 0 Å². The molecule has 4 rings (SSSR count). The van der Waals surface area contributed by atoms with E-state index in [2.05, 4.69) is 16.0 Å². The molecule has 27 heavy (non-hydrogen) atoms. The first-order valence-electron chi connectivity index (χ1n) is 10.1. The third kappa shape index (κ3) is 3.27. The molecule has 1 atom stereocenters. The van der Waals surface area contributed by atoms with Gasteiger partial charge < -0.3 is 15.6 Å². The highest BCUT2D eigenvalue weighted by molar-refractivity contribution is 5.84. The molecule has 6 nitrogen and oxygen atoms in total. The van der Waals surface area contributed by atoms with E-state index < -0.39 is 0 Å². The first-order chi connectivity index (χ1) is 13.2. The van der Waals surface area contributed by atoms with E-state index in [0.29, 0.717) is 29.8 Å². The van der Waals surface area contributed by atoms with Gasteiger partial charge in [0.2, 0.25) is 0 Å². The third-order valence-corrected chi connectivity index (χ3v) is 6.36. The average molecular weight is 365 g/mol. The van der Waals surface area contributed by atoms with Gasteiger partial charge in [-0.3, -0.25) is 9.79 Å². The Morgan fingerprint density at radius 1 is 1.26 bits per heavy atom. The van der Waals surface area contributed by atoms with Crippen LogP contribution in [0.25, 0.3) is 0 Å². The van der Waals surface area contributed by atoms with Crippen molar-refractivity contribution in [1.82, 2.24) is 4.98 Å². The maximum absolute atomic E-state index is 12.7. The van der Waals surface area contributed by atoms with E-state index in [9.17, 15) is 10.1 Å². The molecule has 2 saturated carbocycles. The zero-order valence-corrected chi connectivity index (χ0v) is 15.7. The Morgan fingerprint density at radius 3 is 2.63 bits per heavy atom. The smallest absolute Gasteiger partial charge is 0.254 e. The molecular formula is C21H27N5O. The quantitative estimate of drug-likeness (QED) is 0.802. The fourth-order valence-corrected chi connectivity index (χ4v) is 4.95. The molecule has 1 unspecified atom stereocenters. The summed E-state index contributed by atoms with van der Waals surface area (Å²) in [4.78, 5) is 22.5. The molecule has 1 aromatic rings. The summed E-state index contributed by atoms with van der Waals surface area (Å²) in [5.41, 5.74) is 8.75. The number of hydrogen-bond donors (Lipinski definition) is 2. The minimum atomic E-state index is -0.132. The number of aliphatic imine (C=N–C) groups is 1. The zero-order chi connectivity index (χ0) is 18.8. The van der Waals surface area contributed by atoms with Gasteiger partial charge in [-0.15, -0.1) is 0 Å². The molecule has 2 heterocycles. The summed E-state index contributed by atoms with van der Waals surface area (Å²) in [6.45, 7) is 0.696. The lowest BCUT2D eigenvalue weighted by atomic mass is 9.94. The molecule has 6 heteroatoms. The molecule has 142 valence electrons. The molecule has 3 N–H and O–H groups in total. The van der Waals surface area contributed by atoms with E-state index in [-0.39, 0.29) is 11.5 Å². The van der Waals surface area contributed by atoms with Crippen molar-refractivity contribution in [2.75, 3.05) is 11.4 Å². The monoisotopic (exact) mass is 365 g/mol. The van der Waals surface area contributed by atoms with Gasteiger partial charge in [-0.05, 0) is 37.5 Å². The van der Waals surface area contributed by atoms with Crippen LogP contribution in [0.2, 0.25) is 0 Å². The van der Waals surface area contributed by atoms with Crippen LogP contribution in [0.15, 0.2) is 27.8 Å². The average Bonchev–Trinajstić information content (AvgIpc) is 3.43. The van der Waals surface area contributed by atoms with Gasteiger partial charge in [-0.2, -0.15) is 5.26 Å². The summed E-state index contributed by atoms with van der Waals surface area (Å²) >= 11 is 0. The van der Waals surface area contributed by atoms with Gasteiger partial charge in [0.05, 0.1) is 16.8 Å². The molecule has 1 aromatic heterocycles. The molecule has 0 aromatic carbocycles. The summed E-state index contributed by atoms with van der Waals surface area (Å²) in [6.07, 6.45) is 14.4. The number of fused-ring (bicyclic) bond motifs is 1. The predicted octanol–water partition coefficient (Wildman–Crippen LogP) is 2.95. The van der Waals surface area contributed by atoms with Crippen molar-refractivity contribution in [3.63, 3.8) is 0 Å². The number of rotatable bonds is 4. The summed E-state index contributed by atoms with van der Waals surface area (Å²) in [5, 5.41) is 9.62. The number of nitrogens with zero attached hydrogens (tertiary/aromatic N) is 3. The van der Waals surface area contributed by atoms with Crippen LogP contribution in [-0.4, -0.2) is 29.8 Å². The molecule has 0 spiro atoms. The van der Waals surface area contributed by atoms with Crippen molar-refractivity contribution in [3.8, 4) is 6.07 Å². The standard InChI is InChI=1S/C21H27N5O/c22-9-14(11-24-16-5-1-2-6-16)18-13-26(17-7-3-4-8-17)20-15(10-23)12-25-21(27)19(18)20/h9,11-12,16-18H,1-8,13,22H2,(H,25,27). The molecule has 0 radical (unpaired) electrons. The maximum atomic E-state index is 12.7. The van der Waals surface area contributed by atoms with Crippen molar-refractivity contribution >= 4 is 11.9 Å². The maximum Gasteiger partial charge on any atom is 0.254 e. The molecule has 1 aliphatic heterocycles. The Kier molecular flexibility index (Phi) is 5.02. The molecule has 2 fully saturated rings. The Hall–Kier alpha value is -2.55. The Labute approximate surface area is 159 Å². The number of nitrogens with two attached hydrogens (primary N) is 1. The number of anilines is 1. The van der Waals surface area contributed by atoms with Crippen LogP contribution < -0.4 is 16.2 Å². The van der Waals surface area contributed by atoms with E-state index in [1.54, 1.807) is 12.4 Å². The Bertz CT molecular complexity index is 850. The summed E-state index contributed by atoms with van der Waals surface area (Å²) in [7, 11) is 0. The van der Waals surface area contributed by atoms with E-state index in [0.717, 1.165) is 36.9 Å². The van der Waals surface area contributed by atoms with Crippen LogP contribution in [0.4, 0.5) is 5.69 Å². The number of H-pyrrole nitrogens is 1. The fraction of sp³-hybridized carbons (Fsp3) is 0.571. The van der Waals surface area contributed by atoms with Crippen molar-refractivity contribution in [3.05, 3.63) is 39.5 Å². The van der Waals surface area contributed by atoms with Crippen LogP contribution in [0.3, 0.4) is 0 Å². The molecule has 0 bridgehead atoms. The van der Waals surface area contributed by atoms with Gasteiger partial charge in [-0.1, -0.05) is 25.7 Å². The van der Waals surface area contributed by atoms with E-state index in [1.165, 1.54) is 25.7 Å². The van der Waals surface area contributed by atoms with Gasteiger partial charge in [0.15, 0.2) is 0 Å². The number of hydrogen-bond acceptors (Lipinski definition) is 5. The van der Waals surface area contributed by atoms with E-state index >= 15 is 0 Å². The van der Waals surface area contributed by atoms with Crippen LogP contribution in [0.5, 0.6) is 0 Å². The predicted molar refractivity (Wildman–Crippen MR) is 107 cm³/mol. The molecule has 2 aliphatic carbocycles. The summed E-state index contributed by atoms with van der Waals surface area (Å²) in [6, 6.07) is 3.03. The van der Waals surface area contributed by atoms with Crippen molar-refractivity contribution in [2.24, 2.45) is 10.7 Å². The van der Waals surface area contributed by atoms with E-state index in [4.69, 9.17) is 10.7 Å². The topological polar surface area (TPSA) is 98.3 Å². The number of nitrogens with one attached hydrogen (secondary N) is 1. The van der Waals surface area contributed by atoms with Crippen molar-refractivity contribution < 1.29 is 0 Å². The van der Waals surface area contributed by atoms with Crippen molar-refractivity contribution in [1.29, 1.82) is 5.26 Å². The highest BCUT2D eigenvalue weighted by atomic mass is 16.1.